The van der Waals surface area contributed by atoms with Gasteiger partial charge in [-0.25, -0.2) is 9.97 Å². The zero-order valence-electron chi connectivity index (χ0n) is 10.6. The largest absolute Gasteiger partial charge is 0.359 e. The van der Waals surface area contributed by atoms with Crippen molar-refractivity contribution in [3.05, 3.63) is 17.0 Å². The molecule has 0 radical (unpaired) electrons. The molecular weight excluding hydrogens is 252 g/mol. The van der Waals surface area contributed by atoms with E-state index in [9.17, 15) is 4.79 Å². The second-order valence-electron chi connectivity index (χ2n) is 4.51. The zero-order chi connectivity index (χ0) is 13.1. The van der Waals surface area contributed by atoms with Crippen molar-refractivity contribution in [1.29, 1.82) is 0 Å². The van der Waals surface area contributed by atoms with Crippen LogP contribution in [0, 0.1) is 12.8 Å². The van der Waals surface area contributed by atoms with Crippen LogP contribution < -0.4 is 10.2 Å². The first-order valence-corrected chi connectivity index (χ1v) is 6.45. The van der Waals surface area contributed by atoms with E-state index >= 15 is 0 Å². The summed E-state index contributed by atoms with van der Waals surface area (Å²) in [4.78, 5) is 22.0. The molecule has 1 saturated heterocycles. The number of nitrogens with one attached hydrogen (secondary N) is 1. The summed E-state index contributed by atoms with van der Waals surface area (Å²) in [6, 6.07) is 1.92. The Kier molecular flexibility index (Phi) is 4.01. The Bertz CT molecular complexity index is 423. The van der Waals surface area contributed by atoms with Gasteiger partial charge in [-0.05, 0) is 31.4 Å². The quantitative estimate of drug-likeness (QED) is 0.824. The second-order valence-corrected chi connectivity index (χ2v) is 4.85. The minimum atomic E-state index is 0.115. The monoisotopic (exact) mass is 268 g/mol. The van der Waals surface area contributed by atoms with Crippen LogP contribution in [0.5, 0.6) is 0 Å². The number of piperidine rings is 1. The van der Waals surface area contributed by atoms with E-state index in [1.54, 1.807) is 7.05 Å². The Morgan fingerprint density at radius 3 is 2.67 bits per heavy atom. The second kappa shape index (κ2) is 5.52. The van der Waals surface area contributed by atoms with Crippen molar-refractivity contribution in [3.63, 3.8) is 0 Å². The summed E-state index contributed by atoms with van der Waals surface area (Å²) >= 11 is 5.86. The van der Waals surface area contributed by atoms with Crippen molar-refractivity contribution in [2.45, 2.75) is 19.8 Å². The molecule has 1 aromatic rings. The summed E-state index contributed by atoms with van der Waals surface area (Å²) in [5.74, 6) is 1.10. The van der Waals surface area contributed by atoms with Gasteiger partial charge >= 0.3 is 0 Å². The van der Waals surface area contributed by atoms with Crippen molar-refractivity contribution >= 4 is 23.3 Å². The van der Waals surface area contributed by atoms with Crippen LogP contribution in [0.4, 0.5) is 5.82 Å². The Hall–Kier alpha value is -1.36. The number of amides is 1. The number of halogens is 1. The van der Waals surface area contributed by atoms with Gasteiger partial charge in [-0.1, -0.05) is 0 Å². The van der Waals surface area contributed by atoms with Crippen LogP contribution in [0.2, 0.25) is 5.28 Å². The van der Waals surface area contributed by atoms with Crippen molar-refractivity contribution < 1.29 is 4.79 Å². The summed E-state index contributed by atoms with van der Waals surface area (Å²) in [5, 5.41) is 2.98. The van der Waals surface area contributed by atoms with E-state index in [2.05, 4.69) is 20.2 Å². The van der Waals surface area contributed by atoms with Gasteiger partial charge in [-0.2, -0.15) is 0 Å². The number of nitrogens with zero attached hydrogens (tertiary/aromatic N) is 3. The summed E-state index contributed by atoms with van der Waals surface area (Å²) < 4.78 is 0. The summed E-state index contributed by atoms with van der Waals surface area (Å²) in [6.45, 7) is 3.55. The van der Waals surface area contributed by atoms with E-state index in [0.29, 0.717) is 0 Å². The number of aromatic nitrogens is 2. The van der Waals surface area contributed by atoms with Crippen LogP contribution in [0.3, 0.4) is 0 Å². The van der Waals surface area contributed by atoms with E-state index in [1.807, 2.05) is 13.0 Å². The van der Waals surface area contributed by atoms with Crippen molar-refractivity contribution in [1.82, 2.24) is 15.3 Å². The normalized spacial score (nSPS) is 16.7. The van der Waals surface area contributed by atoms with Gasteiger partial charge in [-0.3, -0.25) is 4.79 Å². The molecule has 1 aromatic heterocycles. The number of anilines is 1. The summed E-state index contributed by atoms with van der Waals surface area (Å²) in [5.41, 5.74) is 0.860. The maximum Gasteiger partial charge on any atom is 0.224 e. The predicted octanol–water partition coefficient (Wildman–Crippen LogP) is 1.40. The van der Waals surface area contributed by atoms with E-state index in [1.165, 1.54) is 0 Å². The highest BCUT2D eigenvalue weighted by Gasteiger charge is 2.25. The molecule has 6 heteroatoms. The average Bonchev–Trinajstić information content (AvgIpc) is 2.37. The number of hydrogen-bond donors (Lipinski definition) is 1. The molecular formula is C12H17ClN4O. The number of aryl methyl sites for hydroxylation is 1. The lowest BCUT2D eigenvalue weighted by Crippen LogP contribution is -2.40. The van der Waals surface area contributed by atoms with Crippen LogP contribution in [-0.4, -0.2) is 36.0 Å². The highest BCUT2D eigenvalue weighted by atomic mass is 35.5. The fraction of sp³-hybridized carbons (Fsp3) is 0.583. The smallest absolute Gasteiger partial charge is 0.224 e. The van der Waals surface area contributed by atoms with Gasteiger partial charge in [0.1, 0.15) is 5.82 Å². The Labute approximate surface area is 112 Å². The summed E-state index contributed by atoms with van der Waals surface area (Å²) in [7, 11) is 1.68. The Morgan fingerprint density at radius 2 is 2.11 bits per heavy atom. The number of rotatable bonds is 2. The van der Waals surface area contributed by atoms with Crippen molar-refractivity contribution in [3.8, 4) is 0 Å². The molecule has 0 atom stereocenters. The molecule has 1 aliphatic heterocycles. The fourth-order valence-corrected chi connectivity index (χ4v) is 2.47. The standard InChI is InChI=1S/C12H17ClN4O/c1-8-7-10(16-12(13)15-8)17-5-3-9(4-6-17)11(18)14-2/h7,9H,3-6H2,1-2H3,(H,14,18). The van der Waals surface area contributed by atoms with Crippen LogP contribution in [0.25, 0.3) is 0 Å². The van der Waals surface area contributed by atoms with Gasteiger partial charge in [0.05, 0.1) is 0 Å². The zero-order valence-corrected chi connectivity index (χ0v) is 11.4. The third kappa shape index (κ3) is 2.90. The first-order valence-electron chi connectivity index (χ1n) is 6.08. The Morgan fingerprint density at radius 1 is 1.44 bits per heavy atom. The minimum Gasteiger partial charge on any atom is -0.359 e. The van der Waals surface area contributed by atoms with Gasteiger partial charge in [0.15, 0.2) is 0 Å². The molecule has 0 saturated carbocycles. The molecule has 98 valence electrons. The van der Waals surface area contributed by atoms with Gasteiger partial charge in [0, 0.05) is 37.8 Å². The van der Waals surface area contributed by atoms with E-state index in [4.69, 9.17) is 11.6 Å². The molecule has 0 unspecified atom stereocenters. The van der Waals surface area contributed by atoms with Crippen molar-refractivity contribution in [2.75, 3.05) is 25.0 Å². The van der Waals surface area contributed by atoms with Gasteiger partial charge in [0.2, 0.25) is 11.2 Å². The highest BCUT2D eigenvalue weighted by Crippen LogP contribution is 2.23. The number of carbonyl (C=O) groups is 1. The molecule has 2 rings (SSSR count). The maximum atomic E-state index is 11.5. The molecule has 1 fully saturated rings. The Balaban J connectivity index is 2.03. The molecule has 0 bridgehead atoms. The molecule has 2 heterocycles. The molecule has 1 aliphatic rings. The van der Waals surface area contributed by atoms with Gasteiger partial charge < -0.3 is 10.2 Å². The van der Waals surface area contributed by atoms with Crippen LogP contribution in [0.15, 0.2) is 6.07 Å². The summed E-state index contributed by atoms with van der Waals surface area (Å²) in [6.07, 6.45) is 1.70. The molecule has 0 aliphatic carbocycles. The fourth-order valence-electron chi connectivity index (χ4n) is 2.25. The average molecular weight is 269 g/mol. The van der Waals surface area contributed by atoms with Crippen LogP contribution in [0.1, 0.15) is 18.5 Å². The van der Waals surface area contributed by atoms with E-state index in [-0.39, 0.29) is 17.1 Å². The molecule has 0 aromatic carbocycles. The molecule has 1 N–H and O–H groups in total. The molecule has 0 spiro atoms. The first kappa shape index (κ1) is 13.1. The molecule has 18 heavy (non-hydrogen) atoms. The van der Waals surface area contributed by atoms with E-state index in [0.717, 1.165) is 37.4 Å². The van der Waals surface area contributed by atoms with E-state index < -0.39 is 0 Å². The maximum absolute atomic E-state index is 11.5. The number of hydrogen-bond acceptors (Lipinski definition) is 4. The molecule has 5 nitrogen and oxygen atoms in total. The first-order chi connectivity index (χ1) is 8.60. The van der Waals surface area contributed by atoms with Gasteiger partial charge in [0.25, 0.3) is 0 Å². The van der Waals surface area contributed by atoms with Gasteiger partial charge in [-0.15, -0.1) is 0 Å². The van der Waals surface area contributed by atoms with Crippen LogP contribution >= 0.6 is 11.6 Å². The molecule has 1 amide bonds. The van der Waals surface area contributed by atoms with Crippen molar-refractivity contribution in [2.24, 2.45) is 5.92 Å². The number of carbonyl (C=O) groups excluding carboxylic acids is 1. The third-order valence-corrected chi connectivity index (χ3v) is 3.42. The lowest BCUT2D eigenvalue weighted by molar-refractivity contribution is -0.125. The lowest BCUT2D eigenvalue weighted by Gasteiger charge is -2.32. The lowest BCUT2D eigenvalue weighted by atomic mass is 9.96. The highest BCUT2D eigenvalue weighted by molar-refractivity contribution is 6.28. The third-order valence-electron chi connectivity index (χ3n) is 3.25. The SMILES string of the molecule is CNC(=O)C1CCN(c2cc(C)nc(Cl)n2)CC1. The predicted molar refractivity (Wildman–Crippen MR) is 70.8 cm³/mol. The van der Waals surface area contributed by atoms with Crippen LogP contribution in [-0.2, 0) is 4.79 Å². The topological polar surface area (TPSA) is 58.1 Å². The minimum absolute atomic E-state index is 0.115.